The van der Waals surface area contributed by atoms with Crippen LogP contribution in [0.4, 0.5) is 0 Å². The molecule has 0 rings (SSSR count). The molecule has 0 heterocycles. The predicted octanol–water partition coefficient (Wildman–Crippen LogP) is 4.40. The topological polar surface area (TPSA) is 37.3 Å². The van der Waals surface area contributed by atoms with Crippen molar-refractivity contribution < 1.29 is 9.90 Å². The lowest BCUT2D eigenvalue weighted by Gasteiger charge is -2.07. The lowest BCUT2D eigenvalue weighted by Crippen LogP contribution is -1.93. The molecule has 0 bridgehead atoms. The van der Waals surface area contributed by atoms with Crippen LogP contribution in [0.5, 0.6) is 0 Å². The summed E-state index contributed by atoms with van der Waals surface area (Å²) in [6, 6.07) is 0. The Bertz CT molecular complexity index is 197. The summed E-state index contributed by atoms with van der Waals surface area (Å²) in [5, 5.41) is 8.45. The van der Waals surface area contributed by atoms with Crippen LogP contribution < -0.4 is 0 Å². The third kappa shape index (κ3) is 11.3. The van der Waals surface area contributed by atoms with E-state index in [-0.39, 0.29) is 6.42 Å². The fourth-order valence-corrected chi connectivity index (χ4v) is 1.68. The first-order chi connectivity index (χ1) is 7.66. The van der Waals surface area contributed by atoms with E-state index in [9.17, 15) is 4.79 Å². The smallest absolute Gasteiger partial charge is 0.303 e. The highest BCUT2D eigenvalue weighted by atomic mass is 16.4. The number of carboxylic acid groups (broad SMARTS) is 1. The second-order valence-corrected chi connectivity index (χ2v) is 4.59. The summed E-state index contributed by atoms with van der Waals surface area (Å²) < 4.78 is 0. The van der Waals surface area contributed by atoms with Crippen LogP contribution in [-0.2, 0) is 4.79 Å². The van der Waals surface area contributed by atoms with Gasteiger partial charge in [-0.05, 0) is 25.2 Å². The number of hydrogen-bond acceptors (Lipinski definition) is 1. The maximum atomic E-state index is 10.3. The minimum absolute atomic E-state index is 0.288. The molecule has 0 amide bonds. The molecule has 0 aromatic carbocycles. The number of allylic oxidation sites excluding steroid dienone is 2. The molecule has 2 heteroatoms. The van der Waals surface area contributed by atoms with Gasteiger partial charge in [0, 0.05) is 6.42 Å². The van der Waals surface area contributed by atoms with Crippen LogP contribution in [0.2, 0.25) is 0 Å². The molecule has 1 N–H and O–H groups in total. The Labute approximate surface area is 99.7 Å². The zero-order chi connectivity index (χ0) is 12.2. The van der Waals surface area contributed by atoms with Gasteiger partial charge in [-0.25, -0.2) is 0 Å². The van der Waals surface area contributed by atoms with Gasteiger partial charge in [0.15, 0.2) is 0 Å². The van der Waals surface area contributed by atoms with Crippen molar-refractivity contribution in [3.63, 3.8) is 0 Å². The van der Waals surface area contributed by atoms with Crippen LogP contribution >= 0.6 is 0 Å². The van der Waals surface area contributed by atoms with Crippen molar-refractivity contribution in [2.75, 3.05) is 0 Å². The second-order valence-electron chi connectivity index (χ2n) is 4.59. The predicted molar refractivity (Wildman–Crippen MR) is 68.5 cm³/mol. The standard InChI is InChI=1S/C14H26O2/c1-3-4-7-10-13(2)11-8-5-6-9-12-14(15)16/h5,8,13H,3-4,6-7,9-12H2,1-2H3,(H,15,16). The molecule has 0 aliphatic heterocycles. The molecule has 0 spiro atoms. The van der Waals surface area contributed by atoms with E-state index in [0.717, 1.165) is 25.2 Å². The van der Waals surface area contributed by atoms with Crippen molar-refractivity contribution >= 4 is 5.97 Å². The van der Waals surface area contributed by atoms with E-state index in [4.69, 9.17) is 5.11 Å². The lowest BCUT2D eigenvalue weighted by molar-refractivity contribution is -0.137. The summed E-state index contributed by atoms with van der Waals surface area (Å²) >= 11 is 0. The number of carbonyl (C=O) groups is 1. The van der Waals surface area contributed by atoms with Crippen molar-refractivity contribution in [1.82, 2.24) is 0 Å². The van der Waals surface area contributed by atoms with Gasteiger partial charge >= 0.3 is 5.97 Å². The van der Waals surface area contributed by atoms with E-state index >= 15 is 0 Å². The molecular formula is C14H26O2. The Morgan fingerprint density at radius 3 is 2.62 bits per heavy atom. The maximum absolute atomic E-state index is 10.3. The maximum Gasteiger partial charge on any atom is 0.303 e. The minimum atomic E-state index is -0.693. The van der Waals surface area contributed by atoms with E-state index in [2.05, 4.69) is 26.0 Å². The van der Waals surface area contributed by atoms with Crippen LogP contribution in [0.3, 0.4) is 0 Å². The number of aliphatic carboxylic acids is 1. The van der Waals surface area contributed by atoms with Gasteiger partial charge in [0.25, 0.3) is 0 Å². The number of rotatable bonds is 10. The molecule has 16 heavy (non-hydrogen) atoms. The molecule has 94 valence electrons. The van der Waals surface area contributed by atoms with Crippen LogP contribution in [0, 0.1) is 5.92 Å². The van der Waals surface area contributed by atoms with Gasteiger partial charge in [0.05, 0.1) is 0 Å². The van der Waals surface area contributed by atoms with Gasteiger partial charge in [0.2, 0.25) is 0 Å². The fraction of sp³-hybridized carbons (Fsp3) is 0.786. The Morgan fingerprint density at radius 1 is 1.25 bits per heavy atom. The van der Waals surface area contributed by atoms with Crippen LogP contribution in [0.15, 0.2) is 12.2 Å². The van der Waals surface area contributed by atoms with Crippen molar-refractivity contribution in [1.29, 1.82) is 0 Å². The molecule has 1 atom stereocenters. The van der Waals surface area contributed by atoms with Gasteiger partial charge in [-0.15, -0.1) is 0 Å². The Morgan fingerprint density at radius 2 is 2.00 bits per heavy atom. The number of carboxylic acids is 1. The van der Waals surface area contributed by atoms with Crippen LogP contribution in [-0.4, -0.2) is 11.1 Å². The molecule has 0 saturated carbocycles. The molecule has 0 aromatic rings. The van der Waals surface area contributed by atoms with Crippen LogP contribution in [0.1, 0.15) is 65.2 Å². The normalized spacial score (nSPS) is 13.1. The highest BCUT2D eigenvalue weighted by molar-refractivity contribution is 5.66. The van der Waals surface area contributed by atoms with Crippen molar-refractivity contribution in [3.05, 3.63) is 12.2 Å². The lowest BCUT2D eigenvalue weighted by atomic mass is 9.99. The summed E-state index contributed by atoms with van der Waals surface area (Å²) in [7, 11) is 0. The molecule has 2 nitrogen and oxygen atoms in total. The highest BCUT2D eigenvalue weighted by Gasteiger charge is 1.98. The number of unbranched alkanes of at least 4 members (excludes halogenated alkanes) is 3. The van der Waals surface area contributed by atoms with E-state index in [0.29, 0.717) is 0 Å². The quantitative estimate of drug-likeness (QED) is 0.442. The summed E-state index contributed by atoms with van der Waals surface area (Å²) in [6.45, 7) is 4.52. The second kappa shape index (κ2) is 10.7. The molecule has 0 fully saturated rings. The van der Waals surface area contributed by atoms with Crippen molar-refractivity contribution in [2.45, 2.75) is 65.2 Å². The van der Waals surface area contributed by atoms with E-state index in [1.165, 1.54) is 25.7 Å². The summed E-state index contributed by atoms with van der Waals surface area (Å²) in [5.74, 6) is 0.0728. The third-order valence-electron chi connectivity index (χ3n) is 2.77. The summed E-state index contributed by atoms with van der Waals surface area (Å²) in [6.07, 6.45) is 12.7. The first-order valence-electron chi connectivity index (χ1n) is 6.53. The van der Waals surface area contributed by atoms with Gasteiger partial charge in [-0.2, -0.15) is 0 Å². The van der Waals surface area contributed by atoms with Crippen LogP contribution in [0.25, 0.3) is 0 Å². The Hall–Kier alpha value is -0.790. The van der Waals surface area contributed by atoms with Gasteiger partial charge in [-0.3, -0.25) is 4.79 Å². The largest absolute Gasteiger partial charge is 0.481 e. The summed E-state index contributed by atoms with van der Waals surface area (Å²) in [4.78, 5) is 10.3. The third-order valence-corrected chi connectivity index (χ3v) is 2.77. The Balaban J connectivity index is 3.33. The summed E-state index contributed by atoms with van der Waals surface area (Å²) in [5.41, 5.74) is 0. The zero-order valence-corrected chi connectivity index (χ0v) is 10.7. The monoisotopic (exact) mass is 226 g/mol. The highest BCUT2D eigenvalue weighted by Crippen LogP contribution is 2.13. The molecule has 0 aromatic heterocycles. The molecule has 0 aliphatic carbocycles. The van der Waals surface area contributed by atoms with Crippen molar-refractivity contribution in [2.24, 2.45) is 5.92 Å². The van der Waals surface area contributed by atoms with Gasteiger partial charge in [-0.1, -0.05) is 51.7 Å². The minimum Gasteiger partial charge on any atom is -0.481 e. The fourth-order valence-electron chi connectivity index (χ4n) is 1.68. The average Bonchev–Trinajstić information content (AvgIpc) is 2.23. The van der Waals surface area contributed by atoms with Crippen molar-refractivity contribution in [3.8, 4) is 0 Å². The zero-order valence-electron chi connectivity index (χ0n) is 10.7. The van der Waals surface area contributed by atoms with E-state index in [1.807, 2.05) is 0 Å². The SMILES string of the molecule is CCCCCC(C)CC=CCCCC(=O)O. The van der Waals surface area contributed by atoms with Gasteiger partial charge < -0.3 is 5.11 Å². The molecule has 0 aliphatic rings. The molecule has 0 radical (unpaired) electrons. The molecule has 1 unspecified atom stereocenters. The first-order valence-corrected chi connectivity index (χ1v) is 6.53. The Kier molecular flexibility index (Phi) is 10.2. The molecule has 0 saturated heterocycles. The van der Waals surface area contributed by atoms with Gasteiger partial charge in [0.1, 0.15) is 0 Å². The first kappa shape index (κ1) is 15.2. The molecular weight excluding hydrogens is 200 g/mol. The average molecular weight is 226 g/mol. The van der Waals surface area contributed by atoms with E-state index < -0.39 is 5.97 Å². The van der Waals surface area contributed by atoms with E-state index in [1.54, 1.807) is 0 Å². The number of hydrogen-bond donors (Lipinski definition) is 1.